The van der Waals surface area contributed by atoms with Crippen LogP contribution < -0.4 is 5.32 Å². The van der Waals surface area contributed by atoms with Gasteiger partial charge in [0, 0.05) is 35.6 Å². The minimum Gasteiger partial charge on any atom is -0.460 e. The van der Waals surface area contributed by atoms with Crippen LogP contribution >= 0.6 is 0 Å². The van der Waals surface area contributed by atoms with Gasteiger partial charge in [-0.05, 0) is 45.9 Å². The van der Waals surface area contributed by atoms with Gasteiger partial charge < -0.3 is 14.6 Å². The minimum atomic E-state index is -0.710. The smallest absolute Gasteiger partial charge is 0.337 e. The van der Waals surface area contributed by atoms with Crippen molar-refractivity contribution in [2.24, 2.45) is 0 Å². The molecular weight excluding hydrogens is 486 g/mol. The van der Waals surface area contributed by atoms with E-state index in [0.29, 0.717) is 47.0 Å². The molecule has 0 amide bonds. The molecule has 0 fully saturated rings. The highest BCUT2D eigenvalue weighted by molar-refractivity contribution is 5.97. The lowest BCUT2D eigenvalue weighted by Crippen LogP contribution is -2.29. The highest BCUT2D eigenvalue weighted by Gasteiger charge is 2.38. The molecule has 1 unspecified atom stereocenters. The molecule has 0 saturated carbocycles. The molecule has 0 radical (unpaired) electrons. The summed E-state index contributed by atoms with van der Waals surface area (Å²) in [4.78, 5) is 31.1. The largest absolute Gasteiger partial charge is 0.460 e. The number of ether oxygens (including phenoxy) is 1. The number of nitrogens with zero attached hydrogens (tertiary/aromatic N) is 4. The van der Waals surface area contributed by atoms with E-state index in [2.05, 4.69) is 32.5 Å². The first-order valence-electron chi connectivity index (χ1n) is 12.3. The SMILES string of the molecule is CC1=C(C(=O)OC(C)C)C(c2cccc([N+](=O)[O-])c2)C(c2nc(CN(C)Cc3ccccc3)no2)=C(C)N1. The van der Waals surface area contributed by atoms with Crippen molar-refractivity contribution in [3.05, 3.63) is 105 Å². The molecule has 0 aliphatic carbocycles. The van der Waals surface area contributed by atoms with Gasteiger partial charge in [0.1, 0.15) is 0 Å². The standard InChI is InChI=1S/C28H31N5O5/c1-17(2)37-28(34)25-19(4)29-18(3)24(26(25)21-12-9-13-22(14-21)33(35)36)27-30-23(31-38-27)16-32(5)15-20-10-7-6-8-11-20/h6-14,17,26,29H,15-16H2,1-5H3. The number of hydrogen-bond acceptors (Lipinski definition) is 9. The second kappa shape index (κ2) is 11.4. The summed E-state index contributed by atoms with van der Waals surface area (Å²) in [6.45, 7) is 8.31. The number of nitro groups is 1. The quantitative estimate of drug-likeness (QED) is 0.238. The number of hydrogen-bond donors (Lipinski definition) is 1. The lowest BCUT2D eigenvalue weighted by Gasteiger charge is -2.30. The summed E-state index contributed by atoms with van der Waals surface area (Å²) in [6, 6.07) is 16.3. The summed E-state index contributed by atoms with van der Waals surface area (Å²) in [6.07, 6.45) is -0.348. The molecule has 2 heterocycles. The Balaban J connectivity index is 1.71. The van der Waals surface area contributed by atoms with Gasteiger partial charge in [0.25, 0.3) is 11.6 Å². The fraction of sp³-hybridized carbons (Fsp3) is 0.321. The van der Waals surface area contributed by atoms with Crippen molar-refractivity contribution in [2.75, 3.05) is 7.05 Å². The van der Waals surface area contributed by atoms with Crippen LogP contribution in [-0.2, 0) is 22.6 Å². The van der Waals surface area contributed by atoms with Crippen LogP contribution in [-0.4, -0.2) is 39.1 Å². The number of aromatic nitrogens is 2. The molecule has 1 aromatic heterocycles. The van der Waals surface area contributed by atoms with Gasteiger partial charge in [0.15, 0.2) is 5.82 Å². The molecule has 1 aliphatic rings. The predicted octanol–water partition coefficient (Wildman–Crippen LogP) is 4.95. The van der Waals surface area contributed by atoms with Gasteiger partial charge in [-0.1, -0.05) is 47.6 Å². The maximum absolute atomic E-state index is 13.3. The molecule has 38 heavy (non-hydrogen) atoms. The molecule has 0 spiro atoms. The second-order valence-electron chi connectivity index (χ2n) is 9.62. The van der Waals surface area contributed by atoms with Gasteiger partial charge in [-0.25, -0.2) is 4.79 Å². The Bertz CT molecular complexity index is 1390. The summed E-state index contributed by atoms with van der Waals surface area (Å²) in [7, 11) is 1.97. The molecule has 1 atom stereocenters. The van der Waals surface area contributed by atoms with E-state index in [9.17, 15) is 14.9 Å². The summed E-state index contributed by atoms with van der Waals surface area (Å²) < 4.78 is 11.3. The number of carbonyl (C=O) groups excluding carboxylic acids is 1. The predicted molar refractivity (Wildman–Crippen MR) is 141 cm³/mol. The van der Waals surface area contributed by atoms with Crippen LogP contribution in [0.2, 0.25) is 0 Å². The van der Waals surface area contributed by atoms with Crippen LogP contribution in [0.4, 0.5) is 5.69 Å². The van der Waals surface area contributed by atoms with Crippen molar-refractivity contribution in [3.8, 4) is 0 Å². The van der Waals surface area contributed by atoms with E-state index in [1.54, 1.807) is 32.9 Å². The molecule has 1 N–H and O–H groups in total. The van der Waals surface area contributed by atoms with E-state index in [1.165, 1.54) is 12.1 Å². The number of esters is 1. The Labute approximate surface area is 221 Å². The first-order valence-corrected chi connectivity index (χ1v) is 12.3. The van der Waals surface area contributed by atoms with Crippen molar-refractivity contribution in [1.29, 1.82) is 0 Å². The summed E-state index contributed by atoms with van der Waals surface area (Å²) in [5.41, 5.74) is 3.82. The average Bonchev–Trinajstić information content (AvgIpc) is 3.31. The Morgan fingerprint density at radius 3 is 2.55 bits per heavy atom. The highest BCUT2D eigenvalue weighted by atomic mass is 16.6. The zero-order valence-electron chi connectivity index (χ0n) is 22.1. The van der Waals surface area contributed by atoms with Crippen LogP contribution in [0.3, 0.4) is 0 Å². The number of rotatable bonds is 9. The fourth-order valence-corrected chi connectivity index (χ4v) is 4.60. The maximum atomic E-state index is 13.3. The Hall–Kier alpha value is -4.31. The first-order chi connectivity index (χ1) is 18.1. The number of nitro benzene ring substituents is 1. The fourth-order valence-electron chi connectivity index (χ4n) is 4.60. The van der Waals surface area contributed by atoms with E-state index in [4.69, 9.17) is 9.26 Å². The van der Waals surface area contributed by atoms with Gasteiger partial charge in [0.05, 0.1) is 29.1 Å². The topological polar surface area (TPSA) is 124 Å². The third kappa shape index (κ3) is 5.97. The third-order valence-corrected chi connectivity index (χ3v) is 6.14. The van der Waals surface area contributed by atoms with E-state index >= 15 is 0 Å². The van der Waals surface area contributed by atoms with Crippen molar-refractivity contribution in [2.45, 2.75) is 52.8 Å². The maximum Gasteiger partial charge on any atom is 0.337 e. The van der Waals surface area contributed by atoms with Gasteiger partial charge in [0.2, 0.25) is 0 Å². The molecule has 4 rings (SSSR count). The first kappa shape index (κ1) is 26.7. The number of carbonyl (C=O) groups is 1. The van der Waals surface area contributed by atoms with Crippen molar-refractivity contribution in [1.82, 2.24) is 20.4 Å². The molecular formula is C28H31N5O5. The summed E-state index contributed by atoms with van der Waals surface area (Å²) in [5, 5.41) is 19.0. The van der Waals surface area contributed by atoms with Gasteiger partial charge in [-0.2, -0.15) is 4.98 Å². The Kier molecular flexibility index (Phi) is 8.02. The molecule has 0 bridgehead atoms. The number of benzene rings is 2. The van der Waals surface area contributed by atoms with E-state index < -0.39 is 16.8 Å². The molecule has 2 aromatic carbocycles. The number of non-ortho nitro benzene ring substituents is 1. The number of nitrogens with one attached hydrogen (secondary N) is 1. The molecule has 10 heteroatoms. The van der Waals surface area contributed by atoms with E-state index in [1.807, 2.05) is 32.2 Å². The minimum absolute atomic E-state index is 0.0824. The van der Waals surface area contributed by atoms with Crippen molar-refractivity contribution < 1.29 is 19.0 Å². The highest BCUT2D eigenvalue weighted by Crippen LogP contribution is 2.44. The van der Waals surface area contributed by atoms with Crippen LogP contribution in [0.15, 0.2) is 76.1 Å². The third-order valence-electron chi connectivity index (χ3n) is 6.14. The monoisotopic (exact) mass is 517 g/mol. The van der Waals surface area contributed by atoms with E-state index in [0.717, 1.165) is 5.56 Å². The zero-order chi connectivity index (χ0) is 27.4. The Morgan fingerprint density at radius 1 is 1.13 bits per heavy atom. The lowest BCUT2D eigenvalue weighted by atomic mass is 9.80. The van der Waals surface area contributed by atoms with Gasteiger partial charge >= 0.3 is 5.97 Å². The normalized spacial score (nSPS) is 15.7. The molecule has 1 aliphatic heterocycles. The summed E-state index contributed by atoms with van der Waals surface area (Å²) >= 11 is 0. The van der Waals surface area contributed by atoms with Crippen LogP contribution in [0.5, 0.6) is 0 Å². The van der Waals surface area contributed by atoms with Crippen molar-refractivity contribution >= 4 is 17.2 Å². The number of dihydropyridines is 1. The summed E-state index contributed by atoms with van der Waals surface area (Å²) in [5.74, 6) is -0.516. The average molecular weight is 518 g/mol. The van der Waals surface area contributed by atoms with E-state index in [-0.39, 0.29) is 17.7 Å². The lowest BCUT2D eigenvalue weighted by molar-refractivity contribution is -0.384. The zero-order valence-corrected chi connectivity index (χ0v) is 22.1. The molecule has 10 nitrogen and oxygen atoms in total. The van der Waals surface area contributed by atoms with Gasteiger partial charge in [-0.15, -0.1) is 0 Å². The van der Waals surface area contributed by atoms with Crippen LogP contribution in [0, 0.1) is 10.1 Å². The molecule has 3 aromatic rings. The molecule has 198 valence electrons. The Morgan fingerprint density at radius 2 is 1.87 bits per heavy atom. The molecule has 0 saturated heterocycles. The number of allylic oxidation sites excluding steroid dienone is 3. The van der Waals surface area contributed by atoms with Crippen LogP contribution in [0.25, 0.3) is 5.57 Å². The van der Waals surface area contributed by atoms with Crippen molar-refractivity contribution in [3.63, 3.8) is 0 Å². The van der Waals surface area contributed by atoms with Crippen LogP contribution in [0.1, 0.15) is 56.5 Å². The second-order valence-corrected chi connectivity index (χ2v) is 9.62. The van der Waals surface area contributed by atoms with Gasteiger partial charge in [-0.3, -0.25) is 15.0 Å².